The molecule has 0 saturated carbocycles. The van der Waals surface area contributed by atoms with E-state index in [2.05, 4.69) is 5.32 Å². The Balaban J connectivity index is 1.75. The Morgan fingerprint density at radius 2 is 2.24 bits per heavy atom. The number of benzene rings is 1. The number of aliphatic hydroxyl groups excluding tert-OH is 1. The summed E-state index contributed by atoms with van der Waals surface area (Å²) in [6.45, 7) is 1.16. The molecule has 0 aliphatic heterocycles. The van der Waals surface area contributed by atoms with Crippen molar-refractivity contribution in [1.82, 2.24) is 0 Å². The van der Waals surface area contributed by atoms with Gasteiger partial charge in [0.15, 0.2) is 0 Å². The largest absolute Gasteiger partial charge is 0.495 e. The van der Waals surface area contributed by atoms with E-state index >= 15 is 0 Å². The van der Waals surface area contributed by atoms with Crippen molar-refractivity contribution in [1.29, 1.82) is 0 Å². The lowest BCUT2D eigenvalue weighted by Gasteiger charge is -2.15. The van der Waals surface area contributed by atoms with Gasteiger partial charge in [-0.25, -0.2) is 0 Å². The Morgan fingerprint density at radius 1 is 1.38 bits per heavy atom. The minimum atomic E-state index is -0.603. The SMILES string of the molecule is COc1ccc(Cl)cc1NCC(O)COCc1cccs1. The second-order valence-corrected chi connectivity index (χ2v) is 5.94. The quantitative estimate of drug-likeness (QED) is 0.780. The second kappa shape index (κ2) is 8.24. The van der Waals surface area contributed by atoms with Crippen LogP contribution in [0, 0.1) is 0 Å². The van der Waals surface area contributed by atoms with E-state index in [1.807, 2.05) is 17.5 Å². The lowest BCUT2D eigenvalue weighted by atomic mass is 10.2. The van der Waals surface area contributed by atoms with E-state index in [9.17, 15) is 5.11 Å². The Morgan fingerprint density at radius 3 is 2.95 bits per heavy atom. The van der Waals surface area contributed by atoms with Gasteiger partial charge in [-0.1, -0.05) is 17.7 Å². The number of anilines is 1. The molecule has 1 unspecified atom stereocenters. The molecule has 0 aliphatic rings. The van der Waals surface area contributed by atoms with Gasteiger partial charge in [-0.3, -0.25) is 0 Å². The normalized spacial score (nSPS) is 12.1. The van der Waals surface area contributed by atoms with Gasteiger partial charge >= 0.3 is 0 Å². The van der Waals surface area contributed by atoms with Crippen molar-refractivity contribution in [3.8, 4) is 5.75 Å². The number of ether oxygens (including phenoxy) is 2. The maximum absolute atomic E-state index is 9.91. The maximum atomic E-state index is 9.91. The molecule has 4 nitrogen and oxygen atoms in total. The van der Waals surface area contributed by atoms with Crippen LogP contribution < -0.4 is 10.1 Å². The number of thiophene rings is 1. The van der Waals surface area contributed by atoms with Gasteiger partial charge in [0.25, 0.3) is 0 Å². The highest BCUT2D eigenvalue weighted by molar-refractivity contribution is 7.09. The van der Waals surface area contributed by atoms with Crippen LogP contribution in [0.5, 0.6) is 5.75 Å². The van der Waals surface area contributed by atoms with Crippen molar-refractivity contribution in [2.24, 2.45) is 0 Å². The number of nitrogens with one attached hydrogen (secondary N) is 1. The molecule has 1 atom stereocenters. The first-order valence-corrected chi connectivity index (χ1v) is 7.80. The second-order valence-electron chi connectivity index (χ2n) is 4.47. The molecule has 0 amide bonds. The smallest absolute Gasteiger partial charge is 0.142 e. The molecule has 0 radical (unpaired) electrons. The van der Waals surface area contributed by atoms with E-state index in [4.69, 9.17) is 21.1 Å². The lowest BCUT2D eigenvalue weighted by Crippen LogP contribution is -2.24. The minimum Gasteiger partial charge on any atom is -0.495 e. The first-order chi connectivity index (χ1) is 10.2. The van der Waals surface area contributed by atoms with Gasteiger partial charge in [-0.15, -0.1) is 11.3 Å². The van der Waals surface area contributed by atoms with E-state index in [0.717, 1.165) is 10.6 Å². The van der Waals surface area contributed by atoms with E-state index in [-0.39, 0.29) is 6.61 Å². The van der Waals surface area contributed by atoms with Crippen LogP contribution in [0.15, 0.2) is 35.7 Å². The molecule has 0 bridgehead atoms. The van der Waals surface area contributed by atoms with Crippen molar-refractivity contribution in [2.45, 2.75) is 12.7 Å². The Kier molecular flexibility index (Phi) is 6.32. The molecule has 1 aromatic carbocycles. The van der Waals surface area contributed by atoms with Crippen molar-refractivity contribution < 1.29 is 14.6 Å². The zero-order valence-corrected chi connectivity index (χ0v) is 13.3. The number of hydrogen-bond donors (Lipinski definition) is 2. The summed E-state index contributed by atoms with van der Waals surface area (Å²) >= 11 is 7.59. The molecule has 2 aromatic rings. The third-order valence-electron chi connectivity index (χ3n) is 2.82. The Bertz CT molecular complexity index is 548. The highest BCUT2D eigenvalue weighted by Crippen LogP contribution is 2.27. The topological polar surface area (TPSA) is 50.7 Å². The van der Waals surface area contributed by atoms with Gasteiger partial charge in [-0.05, 0) is 29.6 Å². The number of aliphatic hydroxyl groups is 1. The summed E-state index contributed by atoms with van der Waals surface area (Å²) in [6, 6.07) is 9.29. The summed E-state index contributed by atoms with van der Waals surface area (Å²) in [4.78, 5) is 1.15. The zero-order valence-electron chi connectivity index (χ0n) is 11.7. The van der Waals surface area contributed by atoms with Crippen molar-refractivity contribution in [3.05, 3.63) is 45.6 Å². The number of halogens is 1. The number of methoxy groups -OCH3 is 1. The number of hydrogen-bond acceptors (Lipinski definition) is 5. The summed E-state index contributed by atoms with van der Waals surface area (Å²) in [5, 5.41) is 15.6. The van der Waals surface area contributed by atoms with Gasteiger partial charge in [0.1, 0.15) is 5.75 Å². The molecule has 0 saturated heterocycles. The molecule has 114 valence electrons. The molecule has 1 aromatic heterocycles. The molecule has 21 heavy (non-hydrogen) atoms. The summed E-state index contributed by atoms with van der Waals surface area (Å²) < 4.78 is 10.7. The molecule has 0 spiro atoms. The van der Waals surface area contributed by atoms with Crippen molar-refractivity contribution in [3.63, 3.8) is 0 Å². The summed E-state index contributed by atoms with van der Waals surface area (Å²) in [5.74, 6) is 0.686. The summed E-state index contributed by atoms with van der Waals surface area (Å²) in [5.41, 5.74) is 0.752. The molecule has 6 heteroatoms. The third kappa shape index (κ3) is 5.21. The Hall–Kier alpha value is -1.27. The third-order valence-corrected chi connectivity index (χ3v) is 3.91. The molecule has 0 fully saturated rings. The monoisotopic (exact) mass is 327 g/mol. The van der Waals surface area contributed by atoms with Gasteiger partial charge < -0.3 is 19.9 Å². The molecule has 1 heterocycles. The fourth-order valence-corrected chi connectivity index (χ4v) is 2.61. The fourth-order valence-electron chi connectivity index (χ4n) is 1.80. The molecule has 2 N–H and O–H groups in total. The van der Waals surface area contributed by atoms with Gasteiger partial charge in [0.2, 0.25) is 0 Å². The van der Waals surface area contributed by atoms with Gasteiger partial charge in [0.05, 0.1) is 32.1 Å². The van der Waals surface area contributed by atoms with Crippen LogP contribution >= 0.6 is 22.9 Å². The summed E-state index contributed by atoms with van der Waals surface area (Å²) in [7, 11) is 1.59. The van der Waals surface area contributed by atoms with Crippen LogP contribution in [0.3, 0.4) is 0 Å². The Labute approximate surface area is 133 Å². The van der Waals surface area contributed by atoms with Crippen LogP contribution in [0.1, 0.15) is 4.88 Å². The van der Waals surface area contributed by atoms with Crippen LogP contribution in [-0.2, 0) is 11.3 Å². The molecule has 2 rings (SSSR count). The molecule has 0 aliphatic carbocycles. The van der Waals surface area contributed by atoms with Gasteiger partial charge in [0, 0.05) is 16.4 Å². The van der Waals surface area contributed by atoms with Crippen molar-refractivity contribution >= 4 is 28.6 Å². The van der Waals surface area contributed by atoms with Crippen molar-refractivity contribution in [2.75, 3.05) is 25.6 Å². The molecular weight excluding hydrogens is 310 g/mol. The van der Waals surface area contributed by atoms with Gasteiger partial charge in [-0.2, -0.15) is 0 Å². The lowest BCUT2D eigenvalue weighted by molar-refractivity contribution is 0.0358. The van der Waals surface area contributed by atoms with E-state index in [1.54, 1.807) is 36.6 Å². The van der Waals surface area contributed by atoms with Crippen LogP contribution in [0.2, 0.25) is 5.02 Å². The summed E-state index contributed by atoms with van der Waals surface area (Å²) in [6.07, 6.45) is -0.603. The van der Waals surface area contributed by atoms with Crippen LogP contribution in [0.25, 0.3) is 0 Å². The predicted molar refractivity (Wildman–Crippen MR) is 86.5 cm³/mol. The van der Waals surface area contributed by atoms with E-state index in [1.165, 1.54) is 0 Å². The first-order valence-electron chi connectivity index (χ1n) is 6.54. The maximum Gasteiger partial charge on any atom is 0.142 e. The van der Waals surface area contributed by atoms with E-state index in [0.29, 0.717) is 23.9 Å². The average molecular weight is 328 g/mol. The molecular formula is C15H18ClNO3S. The first kappa shape index (κ1) is 16.1. The average Bonchev–Trinajstić information content (AvgIpc) is 2.98. The van der Waals surface area contributed by atoms with E-state index < -0.39 is 6.10 Å². The van der Waals surface area contributed by atoms with Crippen LogP contribution in [0.4, 0.5) is 5.69 Å². The standard InChI is InChI=1S/C15H18ClNO3S/c1-19-15-5-4-11(16)7-14(15)17-8-12(18)9-20-10-13-3-2-6-21-13/h2-7,12,17-18H,8-10H2,1H3. The highest BCUT2D eigenvalue weighted by atomic mass is 35.5. The minimum absolute atomic E-state index is 0.272. The zero-order chi connectivity index (χ0) is 15.1. The highest BCUT2D eigenvalue weighted by Gasteiger charge is 2.08. The predicted octanol–water partition coefficient (Wildman–Crippen LogP) is 3.40. The fraction of sp³-hybridized carbons (Fsp3) is 0.333. The van der Waals surface area contributed by atoms with Crippen LogP contribution in [-0.4, -0.2) is 31.5 Å². The number of rotatable bonds is 8.